The third-order valence-electron chi connectivity index (χ3n) is 5.51. The zero-order valence-electron chi connectivity index (χ0n) is 19.3. The Hall–Kier alpha value is -3.73. The van der Waals surface area contributed by atoms with Crippen LogP contribution in [0, 0.1) is 5.92 Å². The monoisotopic (exact) mass is 472 g/mol. The van der Waals surface area contributed by atoms with Gasteiger partial charge in [-0.3, -0.25) is 14.4 Å². The van der Waals surface area contributed by atoms with Crippen molar-refractivity contribution in [3.8, 4) is 0 Å². The van der Waals surface area contributed by atoms with Gasteiger partial charge in [0.1, 0.15) is 18.1 Å². The second kappa shape index (κ2) is 13.1. The standard InChI is InChI=1S/C23H32N6O5/c1-3-14(2)20(23(33)34)29-22(32)18(10-16-12-25-13-26-16)28-21(31)17(27-19(30)11-24)9-15-7-5-4-6-8-15/h4-8,12-14,17-18,20H,3,9-11,24H2,1-2H3,(H,25,26)(H,27,30)(H,28,31)(H,29,32)(H,33,34). The van der Waals surface area contributed by atoms with Gasteiger partial charge in [0, 0.05) is 24.7 Å². The summed E-state index contributed by atoms with van der Waals surface area (Å²) < 4.78 is 0. The summed E-state index contributed by atoms with van der Waals surface area (Å²) in [4.78, 5) is 56.7. The normalized spacial score (nSPS) is 14.3. The Labute approximate surface area is 197 Å². The molecule has 0 spiro atoms. The van der Waals surface area contributed by atoms with Gasteiger partial charge in [0.25, 0.3) is 0 Å². The Bertz CT molecular complexity index is 950. The highest BCUT2D eigenvalue weighted by Crippen LogP contribution is 2.10. The van der Waals surface area contributed by atoms with Crippen molar-refractivity contribution in [3.63, 3.8) is 0 Å². The van der Waals surface area contributed by atoms with Crippen molar-refractivity contribution in [1.82, 2.24) is 25.9 Å². The number of hydrogen-bond donors (Lipinski definition) is 6. The third-order valence-corrected chi connectivity index (χ3v) is 5.51. The second-order valence-corrected chi connectivity index (χ2v) is 8.07. The molecular weight excluding hydrogens is 440 g/mol. The molecule has 2 rings (SSSR count). The van der Waals surface area contributed by atoms with Gasteiger partial charge in [-0.1, -0.05) is 50.6 Å². The lowest BCUT2D eigenvalue weighted by atomic mass is 9.98. The largest absolute Gasteiger partial charge is 0.480 e. The minimum absolute atomic E-state index is 0.0489. The zero-order valence-corrected chi connectivity index (χ0v) is 19.3. The molecule has 1 heterocycles. The molecule has 0 fully saturated rings. The number of aromatic nitrogens is 2. The number of hydrogen-bond acceptors (Lipinski definition) is 6. The van der Waals surface area contributed by atoms with E-state index < -0.39 is 41.8 Å². The maximum atomic E-state index is 13.2. The first-order chi connectivity index (χ1) is 16.2. The van der Waals surface area contributed by atoms with Crippen LogP contribution in [0.5, 0.6) is 0 Å². The van der Waals surface area contributed by atoms with Gasteiger partial charge in [-0.25, -0.2) is 9.78 Å². The fourth-order valence-electron chi connectivity index (χ4n) is 3.35. The number of nitrogens with two attached hydrogens (primary N) is 1. The third kappa shape index (κ3) is 8.00. The van der Waals surface area contributed by atoms with Crippen LogP contribution in [-0.4, -0.2) is 63.4 Å². The summed E-state index contributed by atoms with van der Waals surface area (Å²) in [6.45, 7) is 3.25. The van der Waals surface area contributed by atoms with Gasteiger partial charge < -0.3 is 31.8 Å². The van der Waals surface area contributed by atoms with Crippen LogP contribution in [0.3, 0.4) is 0 Å². The van der Waals surface area contributed by atoms with Crippen LogP contribution in [0.4, 0.5) is 0 Å². The molecule has 0 saturated carbocycles. The summed E-state index contributed by atoms with van der Waals surface area (Å²) in [5.74, 6) is -3.25. The number of aromatic amines is 1. The molecule has 0 aliphatic rings. The van der Waals surface area contributed by atoms with Crippen LogP contribution < -0.4 is 21.7 Å². The molecule has 0 aliphatic heterocycles. The number of carboxylic acids is 1. The van der Waals surface area contributed by atoms with Crippen LogP contribution in [0.1, 0.15) is 31.5 Å². The zero-order chi connectivity index (χ0) is 25.1. The number of rotatable bonds is 13. The predicted octanol–water partition coefficient (Wildman–Crippen LogP) is -0.261. The molecule has 0 bridgehead atoms. The number of carbonyl (C=O) groups excluding carboxylic acids is 3. The van der Waals surface area contributed by atoms with E-state index in [-0.39, 0.29) is 25.3 Å². The Morgan fingerprint density at radius 1 is 1.03 bits per heavy atom. The van der Waals surface area contributed by atoms with Crippen LogP contribution in [0.15, 0.2) is 42.9 Å². The smallest absolute Gasteiger partial charge is 0.326 e. The average Bonchev–Trinajstić information content (AvgIpc) is 3.34. The molecule has 0 radical (unpaired) electrons. The molecule has 11 heteroatoms. The van der Waals surface area contributed by atoms with E-state index in [1.54, 1.807) is 6.92 Å². The molecule has 11 nitrogen and oxygen atoms in total. The van der Waals surface area contributed by atoms with Gasteiger partial charge >= 0.3 is 5.97 Å². The van der Waals surface area contributed by atoms with E-state index in [1.165, 1.54) is 12.5 Å². The van der Waals surface area contributed by atoms with Crippen molar-refractivity contribution in [2.24, 2.45) is 11.7 Å². The summed E-state index contributed by atoms with van der Waals surface area (Å²) >= 11 is 0. The van der Waals surface area contributed by atoms with Crippen molar-refractivity contribution < 1.29 is 24.3 Å². The number of carbonyl (C=O) groups is 4. The van der Waals surface area contributed by atoms with E-state index in [9.17, 15) is 24.3 Å². The van der Waals surface area contributed by atoms with Crippen LogP contribution in [-0.2, 0) is 32.0 Å². The summed E-state index contributed by atoms with van der Waals surface area (Å²) in [6.07, 6.45) is 3.71. The summed E-state index contributed by atoms with van der Waals surface area (Å²) in [6, 6.07) is 5.87. The number of aliphatic carboxylic acids is 1. The predicted molar refractivity (Wildman–Crippen MR) is 124 cm³/mol. The highest BCUT2D eigenvalue weighted by molar-refractivity contribution is 5.93. The van der Waals surface area contributed by atoms with Crippen molar-refractivity contribution >= 4 is 23.7 Å². The van der Waals surface area contributed by atoms with Crippen molar-refractivity contribution in [2.45, 2.75) is 51.2 Å². The first-order valence-electron chi connectivity index (χ1n) is 11.1. The number of nitrogens with zero attached hydrogens (tertiary/aromatic N) is 1. The van der Waals surface area contributed by atoms with Gasteiger partial charge in [-0.15, -0.1) is 0 Å². The number of benzene rings is 1. The molecule has 0 aliphatic carbocycles. The summed E-state index contributed by atoms with van der Waals surface area (Å²) in [5, 5.41) is 17.3. The molecule has 7 N–H and O–H groups in total. The second-order valence-electron chi connectivity index (χ2n) is 8.07. The van der Waals surface area contributed by atoms with Gasteiger partial charge in [0.05, 0.1) is 12.9 Å². The lowest BCUT2D eigenvalue weighted by Crippen LogP contribution is -2.58. The van der Waals surface area contributed by atoms with Gasteiger partial charge in [-0.2, -0.15) is 0 Å². The van der Waals surface area contributed by atoms with Gasteiger partial charge in [0.2, 0.25) is 17.7 Å². The Balaban J connectivity index is 2.24. The molecule has 184 valence electrons. The lowest BCUT2D eigenvalue weighted by molar-refractivity contribution is -0.143. The highest BCUT2D eigenvalue weighted by atomic mass is 16.4. The number of imidazole rings is 1. The van der Waals surface area contributed by atoms with Crippen LogP contribution >= 0.6 is 0 Å². The van der Waals surface area contributed by atoms with Crippen molar-refractivity contribution in [2.75, 3.05) is 6.54 Å². The fourth-order valence-corrected chi connectivity index (χ4v) is 3.35. The minimum atomic E-state index is -1.16. The molecule has 4 unspecified atom stereocenters. The maximum Gasteiger partial charge on any atom is 0.326 e. The summed E-state index contributed by atoms with van der Waals surface area (Å²) in [7, 11) is 0. The van der Waals surface area contributed by atoms with E-state index in [4.69, 9.17) is 5.73 Å². The SMILES string of the molecule is CCC(C)C(NC(=O)C(Cc1cnc[nH]1)NC(=O)C(Cc1ccccc1)NC(=O)CN)C(=O)O. The van der Waals surface area contributed by atoms with Crippen molar-refractivity contribution in [1.29, 1.82) is 0 Å². The van der Waals surface area contributed by atoms with E-state index >= 15 is 0 Å². The highest BCUT2D eigenvalue weighted by Gasteiger charge is 2.31. The fraction of sp³-hybridized carbons (Fsp3) is 0.435. The first-order valence-corrected chi connectivity index (χ1v) is 11.1. The number of carboxylic acid groups (broad SMARTS) is 1. The molecule has 34 heavy (non-hydrogen) atoms. The number of H-pyrrole nitrogens is 1. The summed E-state index contributed by atoms with van der Waals surface area (Å²) in [5.41, 5.74) is 6.78. The van der Waals surface area contributed by atoms with E-state index in [2.05, 4.69) is 25.9 Å². The van der Waals surface area contributed by atoms with Crippen molar-refractivity contribution in [3.05, 3.63) is 54.1 Å². The Kier molecular flexibility index (Phi) is 10.2. The molecule has 2 aromatic rings. The number of nitrogens with one attached hydrogen (secondary N) is 4. The first kappa shape index (κ1) is 26.5. The molecule has 4 atom stereocenters. The minimum Gasteiger partial charge on any atom is -0.480 e. The molecule has 3 amide bonds. The van der Waals surface area contributed by atoms with Crippen LogP contribution in [0.2, 0.25) is 0 Å². The average molecular weight is 473 g/mol. The topological polar surface area (TPSA) is 179 Å². The molecule has 0 saturated heterocycles. The lowest BCUT2D eigenvalue weighted by Gasteiger charge is -2.26. The van der Waals surface area contributed by atoms with Gasteiger partial charge in [0.15, 0.2) is 0 Å². The Morgan fingerprint density at radius 3 is 2.24 bits per heavy atom. The van der Waals surface area contributed by atoms with E-state index in [0.29, 0.717) is 12.1 Å². The molecule has 1 aromatic heterocycles. The van der Waals surface area contributed by atoms with Gasteiger partial charge in [-0.05, 0) is 11.5 Å². The van der Waals surface area contributed by atoms with E-state index in [1.807, 2.05) is 37.3 Å². The quantitative estimate of drug-likeness (QED) is 0.232. The molecular formula is C23H32N6O5. The Morgan fingerprint density at radius 2 is 1.68 bits per heavy atom. The van der Waals surface area contributed by atoms with E-state index in [0.717, 1.165) is 5.56 Å². The molecule has 1 aromatic carbocycles. The number of amides is 3. The maximum absolute atomic E-state index is 13.2. The van der Waals surface area contributed by atoms with Crippen LogP contribution in [0.25, 0.3) is 0 Å².